The van der Waals surface area contributed by atoms with Gasteiger partial charge in [-0.1, -0.05) is 18.1 Å². The number of likely N-dealkylation sites (tertiary alicyclic amines) is 2. The zero-order chi connectivity index (χ0) is 27.5. The van der Waals surface area contributed by atoms with Gasteiger partial charge in [0.1, 0.15) is 0 Å². The molecule has 0 spiro atoms. The van der Waals surface area contributed by atoms with Gasteiger partial charge in [0.2, 0.25) is 0 Å². The van der Waals surface area contributed by atoms with Crippen LogP contribution in [-0.2, 0) is 23.2 Å². The molecule has 1 aromatic carbocycles. The van der Waals surface area contributed by atoms with Crippen molar-refractivity contribution in [3.63, 3.8) is 0 Å². The smallest absolute Gasteiger partial charge is 0.0988 e. The number of hydrogen-bond donors (Lipinski definition) is 1. The molecule has 40 heavy (non-hydrogen) atoms. The Hall–Kier alpha value is -3.36. The summed E-state index contributed by atoms with van der Waals surface area (Å²) in [5.41, 5.74) is 4.74. The molecule has 0 aliphatic carbocycles. The van der Waals surface area contributed by atoms with Gasteiger partial charge in [-0.25, -0.2) is 0 Å². The van der Waals surface area contributed by atoms with E-state index in [9.17, 15) is 5.26 Å². The molecule has 0 radical (unpaired) electrons. The van der Waals surface area contributed by atoms with Crippen LogP contribution in [0.4, 0.5) is 5.69 Å². The quantitative estimate of drug-likeness (QED) is 0.331. The molecule has 1 N–H and O–H groups in total. The summed E-state index contributed by atoms with van der Waals surface area (Å²) < 4.78 is 7.93. The Kier molecular flexibility index (Phi) is 7.80. The highest BCUT2D eigenvalue weighted by Crippen LogP contribution is 2.28. The van der Waals surface area contributed by atoms with Crippen LogP contribution < -0.4 is 5.32 Å². The highest BCUT2D eigenvalue weighted by molar-refractivity contribution is 5.86. The Balaban J connectivity index is 1.14. The van der Waals surface area contributed by atoms with Gasteiger partial charge >= 0.3 is 0 Å². The number of anilines is 1. The molecule has 0 saturated carbocycles. The fourth-order valence-electron chi connectivity index (χ4n) is 6.16. The van der Waals surface area contributed by atoms with E-state index in [4.69, 9.17) is 4.74 Å². The largest absolute Gasteiger partial charge is 0.373 e. The lowest BCUT2D eigenvalue weighted by molar-refractivity contribution is 0.123. The Bertz CT molecular complexity index is 1420. The standard InChI is InChI=1S/C33H40N6O/c1-33(2,24-34)32-11-10-26(20-36-32)35-14-6-8-28-19-30-25(7-5-9-31(30)39(28)22-29-23-40-29)21-37-17-12-27(13-18-37)38-15-3-4-16-38/h5,7,9-11,19-20,27,29,35H,3-4,12-18,21-23H2,1-2H3. The van der Waals surface area contributed by atoms with Crippen molar-refractivity contribution in [3.8, 4) is 17.9 Å². The molecular formula is C33H40N6O. The zero-order valence-corrected chi connectivity index (χ0v) is 23.8. The minimum atomic E-state index is -0.597. The van der Waals surface area contributed by atoms with Crippen LogP contribution in [0.5, 0.6) is 0 Å². The number of rotatable bonds is 8. The average molecular weight is 537 g/mol. The minimum Gasteiger partial charge on any atom is -0.373 e. The van der Waals surface area contributed by atoms with Crippen LogP contribution in [-0.4, -0.2) is 70.8 Å². The summed E-state index contributed by atoms with van der Waals surface area (Å²) in [5, 5.41) is 14.0. The monoisotopic (exact) mass is 536 g/mol. The molecule has 0 bridgehead atoms. The zero-order valence-electron chi connectivity index (χ0n) is 23.8. The molecule has 0 amide bonds. The summed E-state index contributed by atoms with van der Waals surface area (Å²) in [5.74, 6) is 6.75. The second kappa shape index (κ2) is 11.6. The van der Waals surface area contributed by atoms with E-state index in [2.05, 4.69) is 66.8 Å². The molecule has 6 rings (SSSR count). The van der Waals surface area contributed by atoms with Crippen LogP contribution in [0.2, 0.25) is 0 Å². The van der Waals surface area contributed by atoms with E-state index in [0.717, 1.165) is 42.8 Å². The van der Waals surface area contributed by atoms with Crippen LogP contribution in [0.1, 0.15) is 56.5 Å². The highest BCUT2D eigenvalue weighted by Gasteiger charge is 2.28. The van der Waals surface area contributed by atoms with Crippen molar-refractivity contribution < 1.29 is 4.74 Å². The van der Waals surface area contributed by atoms with Crippen molar-refractivity contribution in [2.45, 2.75) is 70.2 Å². The Labute approximate surface area is 238 Å². The predicted octanol–water partition coefficient (Wildman–Crippen LogP) is 4.76. The maximum Gasteiger partial charge on any atom is 0.0988 e. The van der Waals surface area contributed by atoms with Crippen molar-refractivity contribution >= 4 is 16.6 Å². The molecule has 3 aromatic rings. The van der Waals surface area contributed by atoms with Gasteiger partial charge in [0.05, 0.1) is 60.6 Å². The van der Waals surface area contributed by atoms with Crippen molar-refractivity contribution in [2.24, 2.45) is 0 Å². The lowest BCUT2D eigenvalue weighted by Crippen LogP contribution is -2.43. The van der Waals surface area contributed by atoms with Gasteiger partial charge in [-0.2, -0.15) is 5.26 Å². The van der Waals surface area contributed by atoms with Crippen molar-refractivity contribution in [2.75, 3.05) is 44.6 Å². The van der Waals surface area contributed by atoms with E-state index < -0.39 is 5.41 Å². The number of hydrogen-bond acceptors (Lipinski definition) is 6. The molecule has 7 nitrogen and oxygen atoms in total. The third-order valence-electron chi connectivity index (χ3n) is 8.71. The summed E-state index contributed by atoms with van der Waals surface area (Å²) in [7, 11) is 0. The van der Waals surface area contributed by atoms with Crippen LogP contribution in [0.3, 0.4) is 0 Å². The topological polar surface area (TPSA) is 72.7 Å². The SMILES string of the molecule is CC(C)(C#N)c1ccc(NCC#Cc2cc3c(CN4CCC(N5CCCC5)CC4)cccc3n2CC2CO2)cn1. The second-order valence-electron chi connectivity index (χ2n) is 12.0. The first-order valence-corrected chi connectivity index (χ1v) is 14.8. The first-order chi connectivity index (χ1) is 19.5. The lowest BCUT2D eigenvalue weighted by Gasteiger charge is -2.36. The maximum atomic E-state index is 9.34. The first-order valence-electron chi connectivity index (χ1n) is 14.8. The molecule has 7 heteroatoms. The second-order valence-corrected chi connectivity index (χ2v) is 12.0. The van der Waals surface area contributed by atoms with Crippen LogP contribution in [0, 0.1) is 23.2 Å². The molecule has 1 atom stereocenters. The predicted molar refractivity (Wildman–Crippen MR) is 159 cm³/mol. The van der Waals surface area contributed by atoms with E-state index in [1.54, 1.807) is 6.20 Å². The van der Waals surface area contributed by atoms with E-state index >= 15 is 0 Å². The van der Waals surface area contributed by atoms with Gasteiger partial charge in [0, 0.05) is 23.5 Å². The molecule has 2 aromatic heterocycles. The van der Waals surface area contributed by atoms with E-state index in [1.165, 1.54) is 68.3 Å². The van der Waals surface area contributed by atoms with Crippen LogP contribution in [0.15, 0.2) is 42.6 Å². The van der Waals surface area contributed by atoms with Gasteiger partial charge in [0.25, 0.3) is 0 Å². The number of nitrogens with one attached hydrogen (secondary N) is 1. The number of benzene rings is 1. The Morgan fingerprint density at radius 1 is 1.10 bits per heavy atom. The van der Waals surface area contributed by atoms with E-state index in [-0.39, 0.29) is 6.10 Å². The van der Waals surface area contributed by atoms with Crippen molar-refractivity contribution in [3.05, 3.63) is 59.5 Å². The van der Waals surface area contributed by atoms with Crippen molar-refractivity contribution in [1.82, 2.24) is 19.4 Å². The Morgan fingerprint density at radius 2 is 1.90 bits per heavy atom. The summed E-state index contributed by atoms with van der Waals surface area (Å²) in [4.78, 5) is 9.82. The Morgan fingerprint density at radius 3 is 2.60 bits per heavy atom. The molecule has 3 fully saturated rings. The molecule has 3 aliphatic rings. The molecule has 3 aliphatic heterocycles. The van der Waals surface area contributed by atoms with Crippen molar-refractivity contribution in [1.29, 1.82) is 5.26 Å². The van der Waals surface area contributed by atoms with Gasteiger partial charge in [0.15, 0.2) is 0 Å². The third-order valence-corrected chi connectivity index (χ3v) is 8.71. The van der Waals surface area contributed by atoms with Crippen LogP contribution >= 0.6 is 0 Å². The maximum absolute atomic E-state index is 9.34. The van der Waals surface area contributed by atoms with Gasteiger partial charge in [-0.15, -0.1) is 0 Å². The van der Waals surface area contributed by atoms with Crippen LogP contribution in [0.25, 0.3) is 10.9 Å². The molecule has 5 heterocycles. The van der Waals surface area contributed by atoms with Gasteiger partial charge in [-0.05, 0) is 101 Å². The molecule has 1 unspecified atom stereocenters. The van der Waals surface area contributed by atoms with Gasteiger partial charge in [-0.3, -0.25) is 9.88 Å². The fourth-order valence-corrected chi connectivity index (χ4v) is 6.16. The number of fused-ring (bicyclic) bond motifs is 1. The molecule has 208 valence electrons. The van der Waals surface area contributed by atoms with E-state index in [1.807, 2.05) is 26.0 Å². The number of nitriles is 1. The lowest BCUT2D eigenvalue weighted by atomic mass is 9.91. The third kappa shape index (κ3) is 6.03. The fraction of sp³-hybridized carbons (Fsp3) is 0.515. The summed E-state index contributed by atoms with van der Waals surface area (Å²) >= 11 is 0. The number of aromatic nitrogens is 2. The average Bonchev–Trinajstić information content (AvgIpc) is 3.49. The number of pyridine rings is 1. The summed E-state index contributed by atoms with van der Waals surface area (Å²) in [6.07, 6.45) is 7.38. The number of piperidine rings is 1. The number of ether oxygens (including phenoxy) is 1. The summed E-state index contributed by atoms with van der Waals surface area (Å²) in [6, 6.07) is 15.9. The van der Waals surface area contributed by atoms with Gasteiger partial charge < -0.3 is 19.5 Å². The van der Waals surface area contributed by atoms with E-state index in [0.29, 0.717) is 6.54 Å². The first kappa shape index (κ1) is 26.8. The minimum absolute atomic E-state index is 0.282. The normalized spacial score (nSPS) is 20.3. The summed E-state index contributed by atoms with van der Waals surface area (Å²) in [6.45, 7) is 11.9. The highest BCUT2D eigenvalue weighted by atomic mass is 16.6. The number of epoxide rings is 1. The number of nitrogens with zero attached hydrogens (tertiary/aromatic N) is 5. The molecular weight excluding hydrogens is 496 g/mol. The molecule has 3 saturated heterocycles.